The summed E-state index contributed by atoms with van der Waals surface area (Å²) in [6.07, 6.45) is 6.65. The number of benzene rings is 3. The molecule has 0 saturated heterocycles. The highest BCUT2D eigenvalue weighted by Crippen LogP contribution is 2.40. The van der Waals surface area contributed by atoms with Gasteiger partial charge in [-0.1, -0.05) is 112 Å². The van der Waals surface area contributed by atoms with Crippen LogP contribution in [0.15, 0.2) is 79.0 Å². The van der Waals surface area contributed by atoms with E-state index < -0.39 is 0 Å². The van der Waals surface area contributed by atoms with Crippen LogP contribution < -0.4 is 10.2 Å². The molecule has 1 unspecified atom stereocenters. The van der Waals surface area contributed by atoms with E-state index >= 15 is 0 Å². The number of anilines is 3. The van der Waals surface area contributed by atoms with E-state index in [-0.39, 0.29) is 10.8 Å². The van der Waals surface area contributed by atoms with Crippen LogP contribution in [-0.2, 0) is 17.3 Å². The number of unbranched alkanes of at least 4 members (excludes halogenated alkanes) is 1. The maximum absolute atomic E-state index is 11.2. The Morgan fingerprint density at radius 2 is 1.41 bits per heavy atom. The molecule has 2 N–H and O–H groups in total. The van der Waals surface area contributed by atoms with Crippen LogP contribution in [-0.4, -0.2) is 11.7 Å². The summed E-state index contributed by atoms with van der Waals surface area (Å²) in [5, 5.41) is 14.7. The lowest BCUT2D eigenvalue weighted by Crippen LogP contribution is -2.29. The first-order valence-electron chi connectivity index (χ1n) is 15.6. The first kappa shape index (κ1) is 32.3. The fourth-order valence-electron chi connectivity index (χ4n) is 5.41. The molecular formula is C38H54N2O. The molecule has 0 heterocycles. The number of para-hydroxylation sites is 1. The summed E-state index contributed by atoms with van der Waals surface area (Å²) in [7, 11) is 0. The highest BCUT2D eigenvalue weighted by atomic mass is 16.3. The van der Waals surface area contributed by atoms with E-state index in [4.69, 9.17) is 0 Å². The van der Waals surface area contributed by atoms with E-state index in [9.17, 15) is 5.11 Å². The van der Waals surface area contributed by atoms with Crippen molar-refractivity contribution in [3.8, 4) is 5.75 Å². The van der Waals surface area contributed by atoms with Crippen molar-refractivity contribution < 1.29 is 5.11 Å². The molecule has 222 valence electrons. The van der Waals surface area contributed by atoms with E-state index in [1.54, 1.807) is 0 Å². The quantitative estimate of drug-likeness (QED) is 0.220. The van der Waals surface area contributed by atoms with Crippen LogP contribution >= 0.6 is 0 Å². The molecule has 0 radical (unpaired) electrons. The van der Waals surface area contributed by atoms with Gasteiger partial charge in [0.1, 0.15) is 5.75 Å². The first-order chi connectivity index (χ1) is 19.3. The van der Waals surface area contributed by atoms with E-state index in [0.29, 0.717) is 11.7 Å². The smallest absolute Gasteiger partial charge is 0.123 e. The summed E-state index contributed by atoms with van der Waals surface area (Å²) < 4.78 is 0. The molecule has 0 aliphatic heterocycles. The van der Waals surface area contributed by atoms with Gasteiger partial charge in [0, 0.05) is 29.3 Å². The molecule has 3 nitrogen and oxygen atoms in total. The first-order valence-corrected chi connectivity index (χ1v) is 15.6. The van der Waals surface area contributed by atoms with Gasteiger partial charge in [0.2, 0.25) is 0 Å². The Balaban J connectivity index is 1.86. The number of hydrogen-bond donors (Lipinski definition) is 2. The number of hydrogen-bond acceptors (Lipinski definition) is 3. The molecule has 1 atom stereocenters. The molecule has 0 aromatic heterocycles. The summed E-state index contributed by atoms with van der Waals surface area (Å²) in [5.74, 6) is 1.07. The largest absolute Gasteiger partial charge is 0.507 e. The molecule has 0 saturated carbocycles. The van der Waals surface area contributed by atoms with Crippen molar-refractivity contribution in [3.63, 3.8) is 0 Å². The van der Waals surface area contributed by atoms with Crippen LogP contribution in [0.2, 0.25) is 0 Å². The summed E-state index contributed by atoms with van der Waals surface area (Å²) >= 11 is 0. The van der Waals surface area contributed by atoms with Gasteiger partial charge in [0.25, 0.3) is 0 Å². The Hall–Kier alpha value is -3.20. The van der Waals surface area contributed by atoms with Crippen LogP contribution in [0.25, 0.3) is 0 Å². The van der Waals surface area contributed by atoms with Gasteiger partial charge in [0.15, 0.2) is 0 Å². The van der Waals surface area contributed by atoms with Gasteiger partial charge < -0.3 is 15.3 Å². The topological polar surface area (TPSA) is 35.5 Å². The molecular weight excluding hydrogens is 500 g/mol. The Morgan fingerprint density at radius 1 is 0.854 bits per heavy atom. The van der Waals surface area contributed by atoms with Gasteiger partial charge in [-0.3, -0.25) is 0 Å². The Morgan fingerprint density at radius 3 is 1.93 bits per heavy atom. The minimum Gasteiger partial charge on any atom is -0.507 e. The van der Waals surface area contributed by atoms with Crippen molar-refractivity contribution in [2.45, 2.75) is 105 Å². The zero-order valence-electron chi connectivity index (χ0n) is 27.0. The fraction of sp³-hybridized carbons (Fsp3) is 0.474. The zero-order chi connectivity index (χ0) is 30.2. The summed E-state index contributed by atoms with van der Waals surface area (Å²) in [6, 6.07) is 23.5. The SMILES string of the molecule is C=C(CCc1cc(C(C)(C)C)c(O)c(C(C)(C)C)c1)N(CC(CC)CCCC)c1ccc(Nc2ccccc2)cc1. The van der Waals surface area contributed by atoms with Crippen LogP contribution in [0.3, 0.4) is 0 Å². The second-order valence-corrected chi connectivity index (χ2v) is 13.7. The molecule has 0 spiro atoms. The maximum Gasteiger partial charge on any atom is 0.123 e. The van der Waals surface area contributed by atoms with Crippen LogP contribution in [0, 0.1) is 5.92 Å². The normalized spacial score (nSPS) is 12.7. The third kappa shape index (κ3) is 9.15. The molecule has 3 aromatic carbocycles. The molecule has 3 aromatic rings. The number of rotatable bonds is 13. The molecule has 3 heteroatoms. The van der Waals surface area contributed by atoms with Crippen molar-refractivity contribution in [2.75, 3.05) is 16.8 Å². The van der Waals surface area contributed by atoms with Crippen molar-refractivity contribution in [2.24, 2.45) is 5.92 Å². The van der Waals surface area contributed by atoms with E-state index in [1.165, 1.54) is 36.9 Å². The number of nitrogens with zero attached hydrogens (tertiary/aromatic N) is 1. The number of nitrogens with one attached hydrogen (secondary N) is 1. The lowest BCUT2D eigenvalue weighted by atomic mass is 9.78. The second kappa shape index (κ2) is 14.1. The van der Waals surface area contributed by atoms with Crippen LogP contribution in [0.1, 0.15) is 104 Å². The molecule has 0 bridgehead atoms. The minimum absolute atomic E-state index is 0.133. The number of allylic oxidation sites excluding steroid dienone is 1. The van der Waals surface area contributed by atoms with Crippen molar-refractivity contribution >= 4 is 17.1 Å². The van der Waals surface area contributed by atoms with Crippen molar-refractivity contribution in [1.82, 2.24) is 0 Å². The van der Waals surface area contributed by atoms with E-state index in [2.05, 4.69) is 121 Å². The Labute approximate surface area is 250 Å². The molecule has 41 heavy (non-hydrogen) atoms. The van der Waals surface area contributed by atoms with Crippen molar-refractivity contribution in [3.05, 3.63) is 95.7 Å². The lowest BCUT2D eigenvalue weighted by molar-refractivity contribution is 0.422. The summed E-state index contributed by atoms with van der Waals surface area (Å²) in [4.78, 5) is 2.45. The average Bonchev–Trinajstić information content (AvgIpc) is 2.92. The average molecular weight is 555 g/mol. The van der Waals surface area contributed by atoms with Gasteiger partial charge in [-0.25, -0.2) is 0 Å². The molecule has 0 aliphatic carbocycles. The predicted molar refractivity (Wildman–Crippen MR) is 180 cm³/mol. The van der Waals surface area contributed by atoms with E-state index in [0.717, 1.165) is 47.6 Å². The third-order valence-electron chi connectivity index (χ3n) is 8.10. The van der Waals surface area contributed by atoms with Crippen LogP contribution in [0.5, 0.6) is 5.75 Å². The van der Waals surface area contributed by atoms with Gasteiger partial charge in [-0.2, -0.15) is 0 Å². The minimum atomic E-state index is -0.133. The Kier molecular flexibility index (Phi) is 11.1. The molecule has 3 rings (SSSR count). The zero-order valence-corrected chi connectivity index (χ0v) is 27.0. The summed E-state index contributed by atoms with van der Waals surface area (Å²) in [6.45, 7) is 23.3. The molecule has 0 fully saturated rings. The molecule has 0 amide bonds. The highest BCUT2D eigenvalue weighted by Gasteiger charge is 2.26. The summed E-state index contributed by atoms with van der Waals surface area (Å²) in [5.41, 5.74) is 7.55. The highest BCUT2D eigenvalue weighted by molar-refractivity contribution is 5.64. The third-order valence-corrected chi connectivity index (χ3v) is 8.10. The number of phenols is 1. The predicted octanol–water partition coefficient (Wildman–Crippen LogP) is 10.9. The Bertz CT molecular complexity index is 1210. The lowest BCUT2D eigenvalue weighted by Gasteiger charge is -2.32. The number of phenolic OH excluding ortho intramolecular Hbond substituents is 1. The van der Waals surface area contributed by atoms with Crippen LogP contribution in [0.4, 0.5) is 17.1 Å². The van der Waals surface area contributed by atoms with Gasteiger partial charge in [-0.15, -0.1) is 0 Å². The standard InChI is InChI=1S/C38H54N2O/c1-10-12-16-29(11-2)27-40(33-23-21-32(22-24-33)39-31-17-14-13-15-18-31)28(3)19-20-30-25-34(37(4,5)6)36(41)35(26-30)38(7,8)9/h13-15,17-18,21-26,29,39,41H,3,10-12,16,19-20,27H2,1-2,4-9H3. The second-order valence-electron chi connectivity index (χ2n) is 13.7. The van der Waals surface area contributed by atoms with Gasteiger partial charge >= 0.3 is 0 Å². The number of aryl methyl sites for hydroxylation is 1. The van der Waals surface area contributed by atoms with E-state index in [1.807, 2.05) is 18.2 Å². The monoisotopic (exact) mass is 554 g/mol. The molecule has 0 aliphatic rings. The number of aromatic hydroxyl groups is 1. The maximum atomic E-state index is 11.2. The van der Waals surface area contributed by atoms with Gasteiger partial charge in [-0.05, 0) is 89.1 Å². The van der Waals surface area contributed by atoms with Crippen molar-refractivity contribution in [1.29, 1.82) is 0 Å². The fourth-order valence-corrected chi connectivity index (χ4v) is 5.41. The van der Waals surface area contributed by atoms with Gasteiger partial charge in [0.05, 0.1) is 0 Å².